The van der Waals surface area contributed by atoms with E-state index >= 15 is 0 Å². The molecule has 1 rings (SSSR count). The smallest absolute Gasteiger partial charge is 0.133 e. The Hall–Kier alpha value is -0.620. The van der Waals surface area contributed by atoms with Crippen molar-refractivity contribution in [3.8, 4) is 5.75 Å². The summed E-state index contributed by atoms with van der Waals surface area (Å²) >= 11 is 3.42. The molecule has 0 aliphatic rings. The number of halogens is 1. The molecular weight excluding hydrogens is 286 g/mol. The average molecular weight is 304 g/mol. The highest BCUT2D eigenvalue weighted by atomic mass is 79.9. The number of benzene rings is 1. The molecule has 0 aliphatic carbocycles. The lowest BCUT2D eigenvalue weighted by molar-refractivity contribution is 0.163. The van der Waals surface area contributed by atoms with E-state index in [1.807, 2.05) is 25.1 Å². The second-order valence-corrected chi connectivity index (χ2v) is 4.70. The molecule has 0 aromatic heterocycles. The van der Waals surface area contributed by atoms with E-state index < -0.39 is 0 Å². The molecule has 0 aliphatic heterocycles. The fourth-order valence-electron chi connectivity index (χ4n) is 1.56. The Bertz CT molecular complexity index is 356. The molecule has 0 bridgehead atoms. The van der Waals surface area contributed by atoms with Crippen LogP contribution >= 0.6 is 15.9 Å². The van der Waals surface area contributed by atoms with Gasteiger partial charge in [0, 0.05) is 6.04 Å². The first-order valence-corrected chi connectivity index (χ1v) is 6.22. The second kappa shape index (κ2) is 6.96. The zero-order valence-corrected chi connectivity index (χ0v) is 11.6. The third-order valence-electron chi connectivity index (χ3n) is 2.60. The number of rotatable bonds is 6. The van der Waals surface area contributed by atoms with Crippen molar-refractivity contribution < 1.29 is 14.9 Å². The molecule has 1 aromatic rings. The summed E-state index contributed by atoms with van der Waals surface area (Å²) in [5.74, 6) is 0.779. The fourth-order valence-corrected chi connectivity index (χ4v) is 2.12. The second-order valence-electron chi connectivity index (χ2n) is 3.84. The van der Waals surface area contributed by atoms with Crippen LogP contribution in [0.2, 0.25) is 0 Å². The molecule has 0 fully saturated rings. The van der Waals surface area contributed by atoms with Gasteiger partial charge in [0.2, 0.25) is 0 Å². The molecule has 96 valence electrons. The van der Waals surface area contributed by atoms with Crippen molar-refractivity contribution in [2.75, 3.05) is 20.3 Å². The van der Waals surface area contributed by atoms with Gasteiger partial charge in [0.1, 0.15) is 5.75 Å². The van der Waals surface area contributed by atoms with E-state index in [4.69, 9.17) is 14.9 Å². The van der Waals surface area contributed by atoms with E-state index in [2.05, 4.69) is 21.2 Å². The minimum atomic E-state index is -0.300. The lowest BCUT2D eigenvalue weighted by Gasteiger charge is -2.20. The van der Waals surface area contributed by atoms with E-state index in [0.717, 1.165) is 15.8 Å². The first-order valence-electron chi connectivity index (χ1n) is 5.43. The van der Waals surface area contributed by atoms with Crippen molar-refractivity contribution in [1.82, 2.24) is 5.32 Å². The van der Waals surface area contributed by atoms with E-state index in [9.17, 15) is 0 Å². The highest BCUT2D eigenvalue weighted by Crippen LogP contribution is 2.28. The largest absolute Gasteiger partial charge is 0.496 e. The Morgan fingerprint density at radius 1 is 1.35 bits per heavy atom. The van der Waals surface area contributed by atoms with Gasteiger partial charge < -0.3 is 20.3 Å². The standard InChI is InChI=1S/C12H18BrNO3/c1-8(14-10(6-15)7-16)9-3-4-12(17-2)11(13)5-9/h3-5,8,10,14-16H,6-7H2,1-2H3. The Morgan fingerprint density at radius 2 is 2.00 bits per heavy atom. The molecule has 0 spiro atoms. The van der Waals surface area contributed by atoms with Gasteiger partial charge in [-0.3, -0.25) is 0 Å². The molecule has 1 aromatic carbocycles. The predicted octanol–water partition coefficient (Wildman–Crippen LogP) is 1.46. The van der Waals surface area contributed by atoms with Crippen LogP contribution in [0.15, 0.2) is 22.7 Å². The van der Waals surface area contributed by atoms with Crippen LogP contribution in [0.25, 0.3) is 0 Å². The van der Waals surface area contributed by atoms with Crippen LogP contribution in [0.5, 0.6) is 5.75 Å². The van der Waals surface area contributed by atoms with Gasteiger partial charge >= 0.3 is 0 Å². The van der Waals surface area contributed by atoms with Crippen LogP contribution in [0.3, 0.4) is 0 Å². The molecule has 1 atom stereocenters. The van der Waals surface area contributed by atoms with Crippen molar-refractivity contribution in [1.29, 1.82) is 0 Å². The first-order chi connectivity index (χ1) is 8.12. The number of aliphatic hydroxyl groups is 2. The molecule has 5 heteroatoms. The molecule has 0 saturated heterocycles. The summed E-state index contributed by atoms with van der Waals surface area (Å²) in [5, 5.41) is 21.1. The number of nitrogens with one attached hydrogen (secondary N) is 1. The maximum Gasteiger partial charge on any atom is 0.133 e. The minimum absolute atomic E-state index is 0.0431. The zero-order chi connectivity index (χ0) is 12.8. The van der Waals surface area contributed by atoms with Crippen molar-refractivity contribution in [3.05, 3.63) is 28.2 Å². The fraction of sp³-hybridized carbons (Fsp3) is 0.500. The van der Waals surface area contributed by atoms with E-state index in [1.165, 1.54) is 0 Å². The molecule has 0 saturated carbocycles. The summed E-state index contributed by atoms with van der Waals surface area (Å²) in [5.41, 5.74) is 1.06. The topological polar surface area (TPSA) is 61.7 Å². The molecule has 4 nitrogen and oxygen atoms in total. The summed E-state index contributed by atoms with van der Waals surface area (Å²) in [6.07, 6.45) is 0. The Kier molecular flexibility index (Phi) is 5.91. The normalized spacial score (nSPS) is 12.8. The summed E-state index contributed by atoms with van der Waals surface area (Å²) in [7, 11) is 1.62. The van der Waals surface area contributed by atoms with Crippen molar-refractivity contribution in [2.45, 2.75) is 19.0 Å². The summed E-state index contributed by atoms with van der Waals surface area (Å²) in [4.78, 5) is 0. The monoisotopic (exact) mass is 303 g/mol. The van der Waals surface area contributed by atoms with Gasteiger partial charge in [-0.05, 0) is 40.5 Å². The average Bonchev–Trinajstić information content (AvgIpc) is 2.35. The number of hydrogen-bond donors (Lipinski definition) is 3. The van der Waals surface area contributed by atoms with Gasteiger partial charge in [-0.15, -0.1) is 0 Å². The Morgan fingerprint density at radius 3 is 2.47 bits per heavy atom. The SMILES string of the molecule is COc1ccc(C(C)NC(CO)CO)cc1Br. The Balaban J connectivity index is 2.75. The predicted molar refractivity (Wildman–Crippen MR) is 70.2 cm³/mol. The molecule has 0 amide bonds. The van der Waals surface area contributed by atoms with Crippen LogP contribution in [0.1, 0.15) is 18.5 Å². The van der Waals surface area contributed by atoms with Crippen molar-refractivity contribution >= 4 is 15.9 Å². The van der Waals surface area contributed by atoms with Crippen molar-refractivity contribution in [3.63, 3.8) is 0 Å². The zero-order valence-electron chi connectivity index (χ0n) is 9.98. The van der Waals surface area contributed by atoms with Gasteiger partial charge in [-0.25, -0.2) is 0 Å². The Labute approximate surface area is 110 Å². The number of hydrogen-bond acceptors (Lipinski definition) is 4. The highest BCUT2D eigenvalue weighted by Gasteiger charge is 2.12. The van der Waals surface area contributed by atoms with Crippen LogP contribution < -0.4 is 10.1 Å². The van der Waals surface area contributed by atoms with Crippen LogP contribution in [0, 0.1) is 0 Å². The molecule has 3 N–H and O–H groups in total. The third-order valence-corrected chi connectivity index (χ3v) is 3.22. The van der Waals surface area contributed by atoms with Crippen molar-refractivity contribution in [2.24, 2.45) is 0 Å². The quantitative estimate of drug-likeness (QED) is 0.745. The molecule has 17 heavy (non-hydrogen) atoms. The van der Waals surface area contributed by atoms with Crippen LogP contribution in [-0.4, -0.2) is 36.6 Å². The lowest BCUT2D eigenvalue weighted by atomic mass is 10.1. The van der Waals surface area contributed by atoms with E-state index in [-0.39, 0.29) is 25.3 Å². The number of ether oxygens (including phenoxy) is 1. The third kappa shape index (κ3) is 3.96. The summed E-state index contributed by atoms with van der Waals surface area (Å²) < 4.78 is 6.04. The maximum absolute atomic E-state index is 9.01. The molecule has 0 heterocycles. The summed E-state index contributed by atoms with van der Waals surface area (Å²) in [6.45, 7) is 1.81. The maximum atomic E-state index is 9.01. The van der Waals surface area contributed by atoms with Gasteiger partial charge in [-0.1, -0.05) is 6.07 Å². The molecular formula is C12H18BrNO3. The lowest BCUT2D eigenvalue weighted by Crippen LogP contribution is -2.37. The number of methoxy groups -OCH3 is 1. The molecule has 1 unspecified atom stereocenters. The minimum Gasteiger partial charge on any atom is -0.496 e. The molecule has 0 radical (unpaired) electrons. The van der Waals surface area contributed by atoms with Crippen LogP contribution in [-0.2, 0) is 0 Å². The summed E-state index contributed by atoms with van der Waals surface area (Å²) in [6, 6.07) is 5.53. The van der Waals surface area contributed by atoms with Gasteiger partial charge in [0.25, 0.3) is 0 Å². The number of aliphatic hydroxyl groups excluding tert-OH is 2. The van der Waals surface area contributed by atoms with Gasteiger partial charge in [0.05, 0.1) is 30.8 Å². The van der Waals surface area contributed by atoms with Crippen LogP contribution in [0.4, 0.5) is 0 Å². The highest BCUT2D eigenvalue weighted by molar-refractivity contribution is 9.10. The van der Waals surface area contributed by atoms with Gasteiger partial charge in [-0.2, -0.15) is 0 Å². The van der Waals surface area contributed by atoms with E-state index in [0.29, 0.717) is 0 Å². The van der Waals surface area contributed by atoms with E-state index in [1.54, 1.807) is 7.11 Å². The first kappa shape index (κ1) is 14.4. The van der Waals surface area contributed by atoms with Gasteiger partial charge in [0.15, 0.2) is 0 Å².